The highest BCUT2D eigenvalue weighted by molar-refractivity contribution is 6.30. The van der Waals surface area contributed by atoms with Gasteiger partial charge in [0, 0.05) is 11.1 Å². The molecule has 88 valence electrons. The number of aliphatic carboxylic acids is 1. The van der Waals surface area contributed by atoms with Crippen LogP contribution in [0.1, 0.15) is 31.9 Å². The van der Waals surface area contributed by atoms with Crippen molar-refractivity contribution in [3.63, 3.8) is 0 Å². The van der Waals surface area contributed by atoms with Gasteiger partial charge in [0.1, 0.15) is 6.04 Å². The molecule has 1 aromatic rings. The first-order valence-electron chi connectivity index (χ1n) is 5.29. The zero-order chi connectivity index (χ0) is 12.1. The molecule has 16 heavy (non-hydrogen) atoms. The highest BCUT2D eigenvalue weighted by atomic mass is 35.5. The van der Waals surface area contributed by atoms with Gasteiger partial charge in [0.25, 0.3) is 0 Å². The van der Waals surface area contributed by atoms with Crippen molar-refractivity contribution < 1.29 is 9.90 Å². The smallest absolute Gasteiger partial charge is 0.320 e. The monoisotopic (exact) mass is 241 g/mol. The molecule has 0 amide bonds. The maximum atomic E-state index is 10.8. The summed E-state index contributed by atoms with van der Waals surface area (Å²) >= 11 is 5.90. The van der Waals surface area contributed by atoms with Gasteiger partial charge in [-0.25, -0.2) is 0 Å². The van der Waals surface area contributed by atoms with Crippen molar-refractivity contribution in [2.45, 2.75) is 32.4 Å². The number of halogens is 1. The van der Waals surface area contributed by atoms with Crippen LogP contribution in [0.3, 0.4) is 0 Å². The zero-order valence-corrected chi connectivity index (χ0v) is 10.2. The summed E-state index contributed by atoms with van der Waals surface area (Å²) in [5.74, 6) is -0.847. The Morgan fingerprint density at radius 1 is 1.56 bits per heavy atom. The summed E-state index contributed by atoms with van der Waals surface area (Å²) in [5.41, 5.74) is 1.02. The van der Waals surface area contributed by atoms with Crippen molar-refractivity contribution in [2.24, 2.45) is 0 Å². The summed E-state index contributed by atoms with van der Waals surface area (Å²) in [7, 11) is 0. The Morgan fingerprint density at radius 3 is 2.75 bits per heavy atom. The highest BCUT2D eigenvalue weighted by Crippen LogP contribution is 2.20. The second kappa shape index (κ2) is 5.87. The normalized spacial score (nSPS) is 14.4. The maximum Gasteiger partial charge on any atom is 0.320 e. The van der Waals surface area contributed by atoms with Gasteiger partial charge in [-0.15, -0.1) is 0 Å². The minimum atomic E-state index is -0.847. The zero-order valence-electron chi connectivity index (χ0n) is 9.40. The molecule has 0 aliphatic carbocycles. The van der Waals surface area contributed by atoms with E-state index in [0.717, 1.165) is 12.0 Å². The second-order valence-electron chi connectivity index (χ2n) is 3.74. The van der Waals surface area contributed by atoms with Crippen molar-refractivity contribution in [3.8, 4) is 0 Å². The number of hydrogen-bond acceptors (Lipinski definition) is 2. The first kappa shape index (κ1) is 13.0. The van der Waals surface area contributed by atoms with Crippen LogP contribution in [0.4, 0.5) is 0 Å². The summed E-state index contributed by atoms with van der Waals surface area (Å²) in [6.07, 6.45) is 0.817. The largest absolute Gasteiger partial charge is 0.480 e. The van der Waals surface area contributed by atoms with E-state index >= 15 is 0 Å². The quantitative estimate of drug-likeness (QED) is 0.834. The van der Waals surface area contributed by atoms with Crippen LogP contribution in [-0.4, -0.2) is 17.1 Å². The van der Waals surface area contributed by atoms with Crippen LogP contribution in [-0.2, 0) is 4.79 Å². The van der Waals surface area contributed by atoms with E-state index in [9.17, 15) is 4.79 Å². The summed E-state index contributed by atoms with van der Waals surface area (Å²) in [6.45, 7) is 3.64. The molecule has 3 nitrogen and oxygen atoms in total. The number of carbonyl (C=O) groups is 1. The lowest BCUT2D eigenvalue weighted by Gasteiger charge is -2.20. The molecule has 0 fully saturated rings. The minimum Gasteiger partial charge on any atom is -0.480 e. The summed E-state index contributed by atoms with van der Waals surface area (Å²) in [4.78, 5) is 10.8. The molecule has 2 unspecified atom stereocenters. The van der Waals surface area contributed by atoms with Crippen molar-refractivity contribution in [1.82, 2.24) is 5.32 Å². The molecule has 2 N–H and O–H groups in total. The number of carboxylic acids is 1. The maximum absolute atomic E-state index is 10.8. The molecule has 0 radical (unpaired) electrons. The van der Waals surface area contributed by atoms with E-state index in [1.54, 1.807) is 13.0 Å². The molecule has 1 aromatic carbocycles. The van der Waals surface area contributed by atoms with E-state index in [2.05, 4.69) is 5.32 Å². The van der Waals surface area contributed by atoms with Crippen molar-refractivity contribution in [2.75, 3.05) is 0 Å². The summed E-state index contributed by atoms with van der Waals surface area (Å²) < 4.78 is 0. The Balaban J connectivity index is 2.78. The molecule has 2 atom stereocenters. The summed E-state index contributed by atoms with van der Waals surface area (Å²) in [5, 5.41) is 12.6. The standard InChI is InChI=1S/C12H16ClNO2/c1-3-11(14-8(2)12(15)16)9-5-4-6-10(13)7-9/h4-8,11,14H,3H2,1-2H3,(H,15,16). The minimum absolute atomic E-state index is 0.0183. The molecule has 0 aliphatic rings. The van der Waals surface area contributed by atoms with Crippen LogP contribution >= 0.6 is 11.6 Å². The number of benzene rings is 1. The third kappa shape index (κ3) is 3.51. The highest BCUT2D eigenvalue weighted by Gasteiger charge is 2.16. The van der Waals surface area contributed by atoms with Gasteiger partial charge in [-0.1, -0.05) is 30.7 Å². The fraction of sp³-hybridized carbons (Fsp3) is 0.417. The average molecular weight is 242 g/mol. The molecule has 0 aliphatic heterocycles. The summed E-state index contributed by atoms with van der Waals surface area (Å²) in [6, 6.07) is 6.93. The Hall–Kier alpha value is -1.06. The Kier molecular flexibility index (Phi) is 4.77. The average Bonchev–Trinajstić information content (AvgIpc) is 2.25. The third-order valence-corrected chi connectivity index (χ3v) is 2.72. The van der Waals surface area contributed by atoms with Crippen molar-refractivity contribution in [3.05, 3.63) is 34.9 Å². The predicted octanol–water partition coefficient (Wildman–Crippen LogP) is 2.85. The van der Waals surface area contributed by atoms with Crippen LogP contribution in [0.5, 0.6) is 0 Å². The molecular weight excluding hydrogens is 226 g/mol. The van der Waals surface area contributed by atoms with Crippen LogP contribution in [0, 0.1) is 0 Å². The Labute approximate surface area is 100 Å². The van der Waals surface area contributed by atoms with E-state index in [1.807, 2.05) is 25.1 Å². The van der Waals surface area contributed by atoms with Gasteiger partial charge in [-0.2, -0.15) is 0 Å². The first-order chi connectivity index (χ1) is 7.54. The number of hydrogen-bond donors (Lipinski definition) is 2. The predicted molar refractivity (Wildman–Crippen MR) is 64.7 cm³/mol. The van der Waals surface area contributed by atoms with Gasteiger partial charge in [0.05, 0.1) is 0 Å². The van der Waals surface area contributed by atoms with E-state index in [0.29, 0.717) is 5.02 Å². The lowest BCUT2D eigenvalue weighted by molar-refractivity contribution is -0.139. The lowest BCUT2D eigenvalue weighted by Crippen LogP contribution is -2.36. The fourth-order valence-corrected chi connectivity index (χ4v) is 1.74. The van der Waals surface area contributed by atoms with Gasteiger partial charge >= 0.3 is 5.97 Å². The number of carboxylic acid groups (broad SMARTS) is 1. The molecule has 0 spiro atoms. The van der Waals surface area contributed by atoms with Crippen LogP contribution in [0.15, 0.2) is 24.3 Å². The van der Waals surface area contributed by atoms with Gasteiger partial charge in [-0.05, 0) is 31.0 Å². The molecule has 0 saturated carbocycles. The molecule has 1 rings (SSSR count). The van der Waals surface area contributed by atoms with Gasteiger partial charge < -0.3 is 5.11 Å². The number of rotatable bonds is 5. The lowest BCUT2D eigenvalue weighted by atomic mass is 10.0. The number of nitrogens with one attached hydrogen (secondary N) is 1. The van der Waals surface area contributed by atoms with Crippen molar-refractivity contribution >= 4 is 17.6 Å². The van der Waals surface area contributed by atoms with Crippen LogP contribution < -0.4 is 5.32 Å². The molecule has 0 aromatic heterocycles. The molecule has 0 heterocycles. The van der Waals surface area contributed by atoms with E-state index < -0.39 is 12.0 Å². The van der Waals surface area contributed by atoms with Gasteiger partial charge in [-0.3, -0.25) is 10.1 Å². The van der Waals surface area contributed by atoms with Crippen LogP contribution in [0.2, 0.25) is 5.02 Å². The Morgan fingerprint density at radius 2 is 2.25 bits per heavy atom. The third-order valence-electron chi connectivity index (χ3n) is 2.48. The van der Waals surface area contributed by atoms with E-state index in [-0.39, 0.29) is 6.04 Å². The molecule has 0 bridgehead atoms. The molecule has 0 saturated heterocycles. The Bertz CT molecular complexity index is 368. The molecular formula is C12H16ClNO2. The van der Waals surface area contributed by atoms with Gasteiger partial charge in [0.2, 0.25) is 0 Å². The van der Waals surface area contributed by atoms with Crippen LogP contribution in [0.25, 0.3) is 0 Å². The first-order valence-corrected chi connectivity index (χ1v) is 5.66. The van der Waals surface area contributed by atoms with Crippen molar-refractivity contribution in [1.29, 1.82) is 0 Å². The second-order valence-corrected chi connectivity index (χ2v) is 4.18. The van der Waals surface area contributed by atoms with E-state index in [1.165, 1.54) is 0 Å². The molecule has 4 heteroatoms. The van der Waals surface area contributed by atoms with E-state index in [4.69, 9.17) is 16.7 Å². The SMILES string of the molecule is CCC(NC(C)C(=O)O)c1cccc(Cl)c1. The van der Waals surface area contributed by atoms with Gasteiger partial charge in [0.15, 0.2) is 0 Å². The topological polar surface area (TPSA) is 49.3 Å². The fourth-order valence-electron chi connectivity index (χ4n) is 1.55.